The van der Waals surface area contributed by atoms with E-state index in [-0.39, 0.29) is 11.7 Å². The fraction of sp³-hybridized carbons (Fsp3) is 0.462. The number of hydrogen-bond acceptors (Lipinski definition) is 4. The molecular formula is C13H20N4O2. The van der Waals surface area contributed by atoms with Crippen molar-refractivity contribution in [2.45, 2.75) is 20.3 Å². The van der Waals surface area contributed by atoms with Crippen molar-refractivity contribution < 1.29 is 10.0 Å². The lowest BCUT2D eigenvalue weighted by molar-refractivity contribution is 0.0740. The minimum absolute atomic E-state index is 0.0902. The molecule has 0 aliphatic carbocycles. The molecule has 0 radical (unpaired) electrons. The van der Waals surface area contributed by atoms with E-state index < -0.39 is 0 Å². The molecule has 0 aromatic carbocycles. The highest BCUT2D eigenvalue weighted by Crippen LogP contribution is 2.07. The third-order valence-corrected chi connectivity index (χ3v) is 2.55. The highest BCUT2D eigenvalue weighted by Gasteiger charge is 2.17. The van der Waals surface area contributed by atoms with Crippen molar-refractivity contribution in [2.24, 2.45) is 16.8 Å². The molecule has 1 heterocycles. The Morgan fingerprint density at radius 2 is 2.32 bits per heavy atom. The Labute approximate surface area is 112 Å². The summed E-state index contributed by atoms with van der Waals surface area (Å²) in [4.78, 5) is 18.0. The highest BCUT2D eigenvalue weighted by molar-refractivity contribution is 5.94. The SMILES string of the molecule is CC(C)CN(CCC(N)=NO)C(=O)c1cccnc1. The van der Waals surface area contributed by atoms with Gasteiger partial charge in [-0.3, -0.25) is 9.78 Å². The van der Waals surface area contributed by atoms with E-state index >= 15 is 0 Å². The Kier molecular flexibility index (Phi) is 5.78. The lowest BCUT2D eigenvalue weighted by Gasteiger charge is -2.24. The maximum absolute atomic E-state index is 12.3. The molecule has 0 fully saturated rings. The number of carbonyl (C=O) groups excluding carboxylic acids is 1. The summed E-state index contributed by atoms with van der Waals surface area (Å²) in [5.41, 5.74) is 5.98. The van der Waals surface area contributed by atoms with Gasteiger partial charge in [-0.15, -0.1) is 0 Å². The largest absolute Gasteiger partial charge is 0.409 e. The van der Waals surface area contributed by atoms with Crippen LogP contribution in [-0.4, -0.2) is 39.9 Å². The third kappa shape index (κ3) is 4.95. The van der Waals surface area contributed by atoms with Gasteiger partial charge in [0.1, 0.15) is 5.84 Å². The molecule has 0 aliphatic heterocycles. The Morgan fingerprint density at radius 3 is 2.84 bits per heavy atom. The van der Waals surface area contributed by atoms with Gasteiger partial charge in [0, 0.05) is 31.9 Å². The van der Waals surface area contributed by atoms with E-state index in [4.69, 9.17) is 10.9 Å². The summed E-state index contributed by atoms with van der Waals surface area (Å²) in [6.07, 6.45) is 3.51. The van der Waals surface area contributed by atoms with Gasteiger partial charge in [0.15, 0.2) is 0 Å². The van der Waals surface area contributed by atoms with Gasteiger partial charge in [-0.05, 0) is 18.1 Å². The highest BCUT2D eigenvalue weighted by atomic mass is 16.4. The number of carbonyl (C=O) groups is 1. The number of amides is 1. The zero-order valence-electron chi connectivity index (χ0n) is 11.3. The number of nitrogens with zero attached hydrogens (tertiary/aromatic N) is 3. The first kappa shape index (κ1) is 14.9. The molecule has 6 heteroatoms. The molecule has 1 rings (SSSR count). The van der Waals surface area contributed by atoms with Crippen LogP contribution in [0.5, 0.6) is 0 Å². The standard InChI is InChI=1S/C13H20N4O2/c1-10(2)9-17(7-5-12(14)16-19)13(18)11-4-3-6-15-8-11/h3-4,6,8,10,19H,5,7,9H2,1-2H3,(H2,14,16). The molecule has 0 aliphatic rings. The molecule has 0 bridgehead atoms. The van der Waals surface area contributed by atoms with Crippen LogP contribution in [-0.2, 0) is 0 Å². The summed E-state index contributed by atoms with van der Waals surface area (Å²) >= 11 is 0. The predicted molar refractivity (Wildman–Crippen MR) is 73.0 cm³/mol. The summed E-state index contributed by atoms with van der Waals surface area (Å²) in [6, 6.07) is 3.45. The Hall–Kier alpha value is -2.11. The van der Waals surface area contributed by atoms with E-state index in [2.05, 4.69) is 10.1 Å². The number of aromatic nitrogens is 1. The lowest BCUT2D eigenvalue weighted by atomic mass is 10.1. The van der Waals surface area contributed by atoms with E-state index in [9.17, 15) is 4.79 Å². The van der Waals surface area contributed by atoms with Crippen LogP contribution in [0.4, 0.5) is 0 Å². The maximum atomic E-state index is 12.3. The number of rotatable bonds is 6. The van der Waals surface area contributed by atoms with Gasteiger partial charge in [0.05, 0.1) is 5.56 Å². The number of hydrogen-bond donors (Lipinski definition) is 2. The molecule has 1 aromatic heterocycles. The third-order valence-electron chi connectivity index (χ3n) is 2.55. The van der Waals surface area contributed by atoms with Crippen LogP contribution in [0.3, 0.4) is 0 Å². The van der Waals surface area contributed by atoms with Crippen molar-refractivity contribution in [3.8, 4) is 0 Å². The van der Waals surface area contributed by atoms with Crippen molar-refractivity contribution in [3.05, 3.63) is 30.1 Å². The van der Waals surface area contributed by atoms with Gasteiger partial charge >= 0.3 is 0 Å². The average Bonchev–Trinajstić information content (AvgIpc) is 2.42. The Bertz CT molecular complexity index is 432. The van der Waals surface area contributed by atoms with E-state index in [0.29, 0.717) is 31.0 Å². The first-order valence-corrected chi connectivity index (χ1v) is 6.20. The predicted octanol–water partition coefficient (Wildman–Crippen LogP) is 1.32. The molecule has 0 saturated heterocycles. The molecule has 104 valence electrons. The van der Waals surface area contributed by atoms with E-state index in [1.54, 1.807) is 29.4 Å². The van der Waals surface area contributed by atoms with Crippen LogP contribution in [0.25, 0.3) is 0 Å². The molecule has 1 aromatic rings. The first-order chi connectivity index (χ1) is 9.04. The normalized spacial score (nSPS) is 11.6. The summed E-state index contributed by atoms with van der Waals surface area (Å²) in [5.74, 6) is 0.369. The van der Waals surface area contributed by atoms with Gasteiger partial charge in [0.25, 0.3) is 5.91 Å². The second-order valence-electron chi connectivity index (χ2n) is 4.73. The topological polar surface area (TPSA) is 91.8 Å². The molecule has 0 atom stereocenters. The van der Waals surface area contributed by atoms with Gasteiger partial charge < -0.3 is 15.8 Å². The van der Waals surface area contributed by atoms with Crippen LogP contribution in [0.1, 0.15) is 30.6 Å². The Balaban J connectivity index is 2.76. The molecule has 0 saturated carbocycles. The minimum atomic E-state index is -0.0902. The zero-order chi connectivity index (χ0) is 14.3. The minimum Gasteiger partial charge on any atom is -0.409 e. The number of oxime groups is 1. The summed E-state index contributed by atoms with van der Waals surface area (Å²) in [5, 5.41) is 11.5. The van der Waals surface area contributed by atoms with Crippen molar-refractivity contribution in [3.63, 3.8) is 0 Å². The molecule has 0 unspecified atom stereocenters. The van der Waals surface area contributed by atoms with Gasteiger partial charge in [0.2, 0.25) is 0 Å². The van der Waals surface area contributed by atoms with Crippen LogP contribution in [0.2, 0.25) is 0 Å². The fourth-order valence-electron chi connectivity index (χ4n) is 1.69. The maximum Gasteiger partial charge on any atom is 0.255 e. The summed E-state index contributed by atoms with van der Waals surface area (Å²) in [6.45, 7) is 5.11. The molecular weight excluding hydrogens is 244 g/mol. The van der Waals surface area contributed by atoms with Crippen molar-refractivity contribution >= 4 is 11.7 Å². The quantitative estimate of drug-likeness (QED) is 0.351. The van der Waals surface area contributed by atoms with E-state index in [1.807, 2.05) is 13.8 Å². The molecule has 0 spiro atoms. The fourth-order valence-corrected chi connectivity index (χ4v) is 1.69. The number of pyridine rings is 1. The molecule has 1 amide bonds. The van der Waals surface area contributed by atoms with Gasteiger partial charge in [-0.1, -0.05) is 19.0 Å². The van der Waals surface area contributed by atoms with Crippen molar-refractivity contribution in [2.75, 3.05) is 13.1 Å². The summed E-state index contributed by atoms with van der Waals surface area (Å²) < 4.78 is 0. The second kappa shape index (κ2) is 7.35. The molecule has 6 nitrogen and oxygen atoms in total. The summed E-state index contributed by atoms with van der Waals surface area (Å²) in [7, 11) is 0. The Morgan fingerprint density at radius 1 is 1.58 bits per heavy atom. The lowest BCUT2D eigenvalue weighted by Crippen LogP contribution is -2.36. The van der Waals surface area contributed by atoms with E-state index in [1.165, 1.54) is 0 Å². The number of nitrogens with two attached hydrogens (primary N) is 1. The van der Waals surface area contributed by atoms with Crippen LogP contribution < -0.4 is 5.73 Å². The smallest absolute Gasteiger partial charge is 0.255 e. The van der Waals surface area contributed by atoms with Crippen molar-refractivity contribution in [1.82, 2.24) is 9.88 Å². The number of amidine groups is 1. The van der Waals surface area contributed by atoms with Crippen LogP contribution >= 0.6 is 0 Å². The van der Waals surface area contributed by atoms with Crippen LogP contribution in [0.15, 0.2) is 29.7 Å². The van der Waals surface area contributed by atoms with Crippen LogP contribution in [0, 0.1) is 5.92 Å². The molecule has 3 N–H and O–H groups in total. The van der Waals surface area contributed by atoms with Gasteiger partial charge in [-0.2, -0.15) is 0 Å². The first-order valence-electron chi connectivity index (χ1n) is 6.20. The zero-order valence-corrected chi connectivity index (χ0v) is 11.3. The van der Waals surface area contributed by atoms with E-state index in [0.717, 1.165) is 0 Å². The second-order valence-corrected chi connectivity index (χ2v) is 4.73. The monoisotopic (exact) mass is 264 g/mol. The molecule has 19 heavy (non-hydrogen) atoms. The van der Waals surface area contributed by atoms with Crippen molar-refractivity contribution in [1.29, 1.82) is 0 Å². The average molecular weight is 264 g/mol. The van der Waals surface area contributed by atoms with Gasteiger partial charge in [-0.25, -0.2) is 0 Å².